The molecular formula is C9H14N6S. The van der Waals surface area contributed by atoms with E-state index in [-0.39, 0.29) is 0 Å². The molecule has 0 aliphatic carbocycles. The highest BCUT2D eigenvalue weighted by atomic mass is 32.2. The molecule has 0 aromatic carbocycles. The highest BCUT2D eigenvalue weighted by Crippen LogP contribution is 2.19. The first-order valence-corrected chi connectivity index (χ1v) is 6.08. The van der Waals surface area contributed by atoms with Gasteiger partial charge in [0.2, 0.25) is 11.1 Å². The Bertz CT molecular complexity index is 448. The van der Waals surface area contributed by atoms with Crippen LogP contribution in [-0.2, 0) is 12.3 Å². The maximum Gasteiger partial charge on any atom is 0.216 e. The Morgan fingerprint density at radius 1 is 1.56 bits per heavy atom. The molecule has 0 bridgehead atoms. The Hall–Kier alpha value is -1.50. The summed E-state index contributed by atoms with van der Waals surface area (Å²) in [6.45, 7) is 3.14. The van der Waals surface area contributed by atoms with Crippen molar-refractivity contribution in [3.63, 3.8) is 0 Å². The van der Waals surface area contributed by atoms with E-state index in [2.05, 4.69) is 31.7 Å². The molecule has 86 valence electrons. The van der Waals surface area contributed by atoms with E-state index in [0.717, 1.165) is 18.7 Å². The van der Waals surface area contributed by atoms with Crippen molar-refractivity contribution < 1.29 is 0 Å². The largest absolute Gasteiger partial charge is 0.368 e. The minimum atomic E-state index is 0.351. The predicted octanol–water partition coefficient (Wildman–Crippen LogP) is 1.29. The molecule has 0 unspecified atom stereocenters. The lowest BCUT2D eigenvalue weighted by Gasteiger charge is -2.04. The van der Waals surface area contributed by atoms with Gasteiger partial charge in [-0.2, -0.15) is 4.98 Å². The minimum Gasteiger partial charge on any atom is -0.368 e. The number of imidazole rings is 1. The van der Waals surface area contributed by atoms with E-state index in [9.17, 15) is 0 Å². The summed E-state index contributed by atoms with van der Waals surface area (Å²) in [7, 11) is 0. The van der Waals surface area contributed by atoms with E-state index in [1.807, 2.05) is 12.5 Å². The average Bonchev–Trinajstić information content (AvgIpc) is 2.85. The van der Waals surface area contributed by atoms with Crippen LogP contribution < -0.4 is 5.73 Å². The van der Waals surface area contributed by atoms with E-state index in [0.29, 0.717) is 11.1 Å². The summed E-state index contributed by atoms with van der Waals surface area (Å²) in [5.74, 6) is 1.15. The number of nitrogen functional groups attached to an aromatic ring is 1. The fraction of sp³-hybridized carbons (Fsp3) is 0.444. The van der Waals surface area contributed by atoms with E-state index < -0.39 is 0 Å². The van der Waals surface area contributed by atoms with Crippen LogP contribution in [-0.4, -0.2) is 24.7 Å². The highest BCUT2D eigenvalue weighted by Gasteiger charge is 2.05. The number of nitrogens with two attached hydrogens (primary N) is 1. The van der Waals surface area contributed by atoms with Crippen LogP contribution in [0, 0.1) is 0 Å². The number of nitrogens with one attached hydrogen (secondary N) is 1. The molecule has 6 nitrogen and oxygen atoms in total. The predicted molar refractivity (Wildman–Crippen MR) is 62.9 cm³/mol. The summed E-state index contributed by atoms with van der Waals surface area (Å²) in [6, 6.07) is 0. The summed E-state index contributed by atoms with van der Waals surface area (Å²) in [6.07, 6.45) is 4.83. The van der Waals surface area contributed by atoms with Gasteiger partial charge in [0.15, 0.2) is 0 Å². The van der Waals surface area contributed by atoms with Crippen molar-refractivity contribution in [3.05, 3.63) is 18.2 Å². The third-order valence-corrected chi connectivity index (χ3v) is 2.98. The van der Waals surface area contributed by atoms with Crippen LogP contribution in [0.5, 0.6) is 0 Å². The van der Waals surface area contributed by atoms with Crippen molar-refractivity contribution >= 4 is 17.7 Å². The summed E-state index contributed by atoms with van der Waals surface area (Å²) < 4.78 is 2.14. The number of aromatic amines is 1. The van der Waals surface area contributed by atoms with Crippen molar-refractivity contribution in [2.24, 2.45) is 0 Å². The summed E-state index contributed by atoms with van der Waals surface area (Å²) in [5, 5.41) is 7.24. The summed E-state index contributed by atoms with van der Waals surface area (Å²) in [5.41, 5.74) is 6.62. The van der Waals surface area contributed by atoms with Crippen LogP contribution in [0.3, 0.4) is 0 Å². The zero-order chi connectivity index (χ0) is 11.4. The molecule has 2 aromatic rings. The topological polar surface area (TPSA) is 85.4 Å². The zero-order valence-corrected chi connectivity index (χ0v) is 9.87. The SMILES string of the molecule is CCCn1cncc1CSc1n[nH]c(N)n1. The molecule has 16 heavy (non-hydrogen) atoms. The number of hydrogen-bond acceptors (Lipinski definition) is 5. The van der Waals surface area contributed by atoms with Crippen molar-refractivity contribution in [2.75, 3.05) is 5.73 Å². The number of rotatable bonds is 5. The van der Waals surface area contributed by atoms with Crippen molar-refractivity contribution in [1.29, 1.82) is 0 Å². The number of aryl methyl sites for hydroxylation is 1. The quantitative estimate of drug-likeness (QED) is 0.766. The van der Waals surface area contributed by atoms with Gasteiger partial charge in [0.05, 0.1) is 6.33 Å². The van der Waals surface area contributed by atoms with Crippen molar-refractivity contribution in [3.8, 4) is 0 Å². The maximum atomic E-state index is 5.45. The normalized spacial score (nSPS) is 10.8. The molecule has 7 heteroatoms. The number of anilines is 1. The molecule has 0 atom stereocenters. The molecule has 0 fully saturated rings. The maximum absolute atomic E-state index is 5.45. The molecule has 0 saturated heterocycles. The van der Waals surface area contributed by atoms with E-state index in [1.54, 1.807) is 11.8 Å². The molecule has 0 saturated carbocycles. The molecule has 3 N–H and O–H groups in total. The summed E-state index contributed by atoms with van der Waals surface area (Å²) >= 11 is 1.54. The first kappa shape index (κ1) is 11.0. The van der Waals surface area contributed by atoms with Gasteiger partial charge in [-0.3, -0.25) is 0 Å². The smallest absolute Gasteiger partial charge is 0.216 e. The van der Waals surface area contributed by atoms with Gasteiger partial charge < -0.3 is 10.3 Å². The number of nitrogens with zero attached hydrogens (tertiary/aromatic N) is 4. The van der Waals surface area contributed by atoms with E-state index >= 15 is 0 Å². The van der Waals surface area contributed by atoms with Gasteiger partial charge in [-0.1, -0.05) is 18.7 Å². The number of hydrogen-bond donors (Lipinski definition) is 2. The zero-order valence-electron chi connectivity index (χ0n) is 9.05. The van der Waals surface area contributed by atoms with Gasteiger partial charge >= 0.3 is 0 Å². The van der Waals surface area contributed by atoms with Crippen LogP contribution >= 0.6 is 11.8 Å². The fourth-order valence-corrected chi connectivity index (χ4v) is 2.16. The van der Waals surface area contributed by atoms with Gasteiger partial charge in [-0.25, -0.2) is 10.1 Å². The lowest BCUT2D eigenvalue weighted by atomic mass is 10.4. The van der Waals surface area contributed by atoms with Crippen LogP contribution in [0.25, 0.3) is 0 Å². The van der Waals surface area contributed by atoms with Crippen LogP contribution in [0.15, 0.2) is 17.7 Å². The Labute approximate surface area is 97.7 Å². The van der Waals surface area contributed by atoms with E-state index in [1.165, 1.54) is 5.69 Å². The molecule has 0 aliphatic rings. The van der Waals surface area contributed by atoms with Gasteiger partial charge in [0, 0.05) is 24.2 Å². The van der Waals surface area contributed by atoms with Gasteiger partial charge in [-0.05, 0) is 6.42 Å². The molecule has 2 rings (SSSR count). The lowest BCUT2D eigenvalue weighted by Crippen LogP contribution is -1.99. The third-order valence-electron chi connectivity index (χ3n) is 2.09. The Morgan fingerprint density at radius 3 is 3.12 bits per heavy atom. The fourth-order valence-electron chi connectivity index (χ4n) is 1.37. The van der Waals surface area contributed by atoms with Gasteiger partial charge in [0.1, 0.15) is 0 Å². The highest BCUT2D eigenvalue weighted by molar-refractivity contribution is 7.98. The second-order valence-corrected chi connectivity index (χ2v) is 4.31. The third kappa shape index (κ3) is 2.54. The molecule has 0 amide bonds. The second-order valence-electron chi connectivity index (χ2n) is 3.37. The number of thioether (sulfide) groups is 1. The Kier molecular flexibility index (Phi) is 3.45. The second kappa shape index (κ2) is 5.02. The average molecular weight is 238 g/mol. The van der Waals surface area contributed by atoms with Gasteiger partial charge in [-0.15, -0.1) is 5.10 Å². The number of H-pyrrole nitrogens is 1. The molecule has 2 aromatic heterocycles. The molecular weight excluding hydrogens is 224 g/mol. The number of aromatic nitrogens is 5. The summed E-state index contributed by atoms with van der Waals surface area (Å²) in [4.78, 5) is 8.16. The first-order chi connectivity index (χ1) is 7.79. The van der Waals surface area contributed by atoms with Crippen LogP contribution in [0.2, 0.25) is 0 Å². The van der Waals surface area contributed by atoms with Crippen molar-refractivity contribution in [2.45, 2.75) is 30.8 Å². The van der Waals surface area contributed by atoms with Gasteiger partial charge in [0.25, 0.3) is 0 Å². The van der Waals surface area contributed by atoms with Crippen LogP contribution in [0.1, 0.15) is 19.0 Å². The molecule has 0 radical (unpaired) electrons. The Balaban J connectivity index is 1.96. The molecule has 0 aliphatic heterocycles. The standard InChI is InChI=1S/C9H14N6S/c1-2-3-15-6-11-4-7(15)5-16-9-12-8(10)13-14-9/h4,6H,2-3,5H2,1H3,(H3,10,12,13,14). The molecule has 0 spiro atoms. The Morgan fingerprint density at radius 2 is 2.44 bits per heavy atom. The molecule has 2 heterocycles. The monoisotopic (exact) mass is 238 g/mol. The lowest BCUT2D eigenvalue weighted by molar-refractivity contribution is 0.659. The van der Waals surface area contributed by atoms with E-state index in [4.69, 9.17) is 5.73 Å². The van der Waals surface area contributed by atoms with Crippen molar-refractivity contribution in [1.82, 2.24) is 24.7 Å². The minimum absolute atomic E-state index is 0.351. The van der Waals surface area contributed by atoms with Crippen LogP contribution in [0.4, 0.5) is 5.95 Å². The first-order valence-electron chi connectivity index (χ1n) is 5.09.